The quantitative estimate of drug-likeness (QED) is 0.355. The highest BCUT2D eigenvalue weighted by atomic mass is 79.9. The Morgan fingerprint density at radius 2 is 1.81 bits per heavy atom. The molecule has 1 aromatic heterocycles. The highest BCUT2D eigenvalue weighted by Gasteiger charge is 2.12. The van der Waals surface area contributed by atoms with Gasteiger partial charge in [-0.15, -0.1) is 0 Å². The molecule has 0 saturated heterocycles. The third kappa shape index (κ3) is 5.19. The molecule has 0 fully saturated rings. The zero-order chi connectivity index (χ0) is 22.5. The zero-order valence-electron chi connectivity index (χ0n) is 18.3. The third-order valence-corrected chi connectivity index (χ3v) is 6.06. The molecule has 32 heavy (non-hydrogen) atoms. The van der Waals surface area contributed by atoms with E-state index < -0.39 is 0 Å². The highest BCUT2D eigenvalue weighted by molar-refractivity contribution is 9.10. The Kier molecular flexibility index (Phi) is 6.90. The van der Waals surface area contributed by atoms with Crippen molar-refractivity contribution in [1.82, 2.24) is 14.9 Å². The van der Waals surface area contributed by atoms with Crippen LogP contribution in [0.2, 0.25) is 0 Å². The van der Waals surface area contributed by atoms with Gasteiger partial charge in [0.25, 0.3) is 5.91 Å². The van der Waals surface area contributed by atoms with Gasteiger partial charge in [0.15, 0.2) is 0 Å². The van der Waals surface area contributed by atoms with Crippen LogP contribution in [0.15, 0.2) is 71.2 Å². The maximum atomic E-state index is 12.4. The van der Waals surface area contributed by atoms with E-state index >= 15 is 0 Å². The Morgan fingerprint density at radius 1 is 1.03 bits per heavy atom. The molecule has 4 aromatic rings. The van der Waals surface area contributed by atoms with Crippen molar-refractivity contribution in [3.63, 3.8) is 0 Å². The average molecular weight is 492 g/mol. The van der Waals surface area contributed by atoms with Crippen LogP contribution in [0.25, 0.3) is 11.0 Å². The second-order valence-corrected chi connectivity index (χ2v) is 8.69. The Bertz CT molecular complexity index is 1230. The van der Waals surface area contributed by atoms with Crippen molar-refractivity contribution < 1.29 is 9.53 Å². The number of amides is 1. The predicted octanol–water partition coefficient (Wildman–Crippen LogP) is 5.47. The molecule has 0 aliphatic heterocycles. The summed E-state index contributed by atoms with van der Waals surface area (Å²) >= 11 is 3.39. The molecule has 164 valence electrons. The van der Waals surface area contributed by atoms with Gasteiger partial charge in [0.05, 0.1) is 17.6 Å². The Morgan fingerprint density at radius 3 is 2.59 bits per heavy atom. The second kappa shape index (κ2) is 10.0. The number of hydrogen-bond donors (Lipinski definition) is 1. The van der Waals surface area contributed by atoms with E-state index in [-0.39, 0.29) is 5.91 Å². The molecular weight excluding hydrogens is 466 g/mol. The van der Waals surface area contributed by atoms with Gasteiger partial charge in [0.1, 0.15) is 18.2 Å². The van der Waals surface area contributed by atoms with Crippen molar-refractivity contribution in [2.45, 2.75) is 26.8 Å². The van der Waals surface area contributed by atoms with Crippen LogP contribution in [0.4, 0.5) is 0 Å². The average Bonchev–Trinajstić information content (AvgIpc) is 3.14. The van der Waals surface area contributed by atoms with E-state index in [1.54, 1.807) is 12.1 Å². The number of carbonyl (C=O) groups excluding carboxylic acids is 1. The van der Waals surface area contributed by atoms with Crippen LogP contribution in [0.1, 0.15) is 27.3 Å². The fraction of sp³-hybridized carbons (Fsp3) is 0.231. The molecular formula is C26H26BrN3O2. The summed E-state index contributed by atoms with van der Waals surface area (Å²) < 4.78 is 9.14. The molecule has 0 radical (unpaired) electrons. The topological polar surface area (TPSA) is 56.1 Å². The molecule has 0 atom stereocenters. The fourth-order valence-corrected chi connectivity index (χ4v) is 3.88. The molecule has 0 unspecified atom stereocenters. The molecule has 6 heteroatoms. The van der Waals surface area contributed by atoms with Gasteiger partial charge < -0.3 is 14.6 Å². The number of nitrogens with zero attached hydrogens (tertiary/aromatic N) is 2. The number of carbonyl (C=O) groups is 1. The molecule has 0 spiro atoms. The number of halogens is 1. The largest absolute Gasteiger partial charge is 0.492 e. The van der Waals surface area contributed by atoms with E-state index in [0.29, 0.717) is 31.7 Å². The van der Waals surface area contributed by atoms with Crippen LogP contribution in [0, 0.1) is 13.8 Å². The molecule has 0 bridgehead atoms. The number of imidazole rings is 1. The van der Waals surface area contributed by atoms with E-state index in [1.165, 1.54) is 11.1 Å². The molecule has 1 heterocycles. The Balaban J connectivity index is 1.42. The molecule has 0 saturated carbocycles. The van der Waals surface area contributed by atoms with Gasteiger partial charge >= 0.3 is 0 Å². The van der Waals surface area contributed by atoms with Crippen molar-refractivity contribution >= 4 is 32.9 Å². The van der Waals surface area contributed by atoms with Gasteiger partial charge in [0, 0.05) is 23.0 Å². The van der Waals surface area contributed by atoms with E-state index in [4.69, 9.17) is 9.72 Å². The van der Waals surface area contributed by atoms with Gasteiger partial charge in [-0.25, -0.2) is 4.98 Å². The number of para-hydroxylation sites is 2. The summed E-state index contributed by atoms with van der Waals surface area (Å²) in [5.74, 6) is 1.73. The van der Waals surface area contributed by atoms with E-state index in [1.807, 2.05) is 36.4 Å². The molecule has 1 N–H and O–H groups in total. The summed E-state index contributed by atoms with van der Waals surface area (Å²) in [6.45, 7) is 5.92. The van der Waals surface area contributed by atoms with Crippen LogP contribution in [-0.4, -0.2) is 28.6 Å². The van der Waals surface area contributed by atoms with Crippen molar-refractivity contribution in [3.8, 4) is 5.75 Å². The van der Waals surface area contributed by atoms with Gasteiger partial charge in [-0.2, -0.15) is 0 Å². The lowest BCUT2D eigenvalue weighted by Crippen LogP contribution is -2.26. The lowest BCUT2D eigenvalue weighted by atomic mass is 10.1. The lowest BCUT2D eigenvalue weighted by Gasteiger charge is -2.12. The SMILES string of the molecule is Cc1ccc(OCCn2c(CCNC(=O)c3ccc(Br)cc3)nc3ccccc32)cc1C. The summed E-state index contributed by atoms with van der Waals surface area (Å²) in [6, 6.07) is 21.6. The van der Waals surface area contributed by atoms with Crippen LogP contribution in [0.5, 0.6) is 5.75 Å². The smallest absolute Gasteiger partial charge is 0.251 e. The number of aryl methyl sites for hydroxylation is 2. The standard InChI is InChI=1S/C26H26BrN3O2/c1-18-7-12-22(17-19(18)2)32-16-15-30-24-6-4-3-5-23(24)29-25(30)13-14-28-26(31)20-8-10-21(27)11-9-20/h3-12,17H,13-16H2,1-2H3,(H,28,31). The van der Waals surface area contributed by atoms with Crippen LogP contribution in [-0.2, 0) is 13.0 Å². The van der Waals surface area contributed by atoms with E-state index in [9.17, 15) is 4.79 Å². The van der Waals surface area contributed by atoms with Gasteiger partial charge in [-0.1, -0.05) is 34.1 Å². The zero-order valence-corrected chi connectivity index (χ0v) is 19.9. The molecule has 1 amide bonds. The number of nitrogens with one attached hydrogen (secondary N) is 1. The Labute approximate surface area is 196 Å². The number of aromatic nitrogens is 2. The first-order valence-corrected chi connectivity index (χ1v) is 11.5. The molecule has 4 rings (SSSR count). The van der Waals surface area contributed by atoms with Crippen molar-refractivity contribution in [2.24, 2.45) is 0 Å². The number of ether oxygens (including phenoxy) is 1. The van der Waals surface area contributed by atoms with Gasteiger partial charge in [-0.05, 0) is 73.5 Å². The monoisotopic (exact) mass is 491 g/mol. The van der Waals surface area contributed by atoms with Gasteiger partial charge in [-0.3, -0.25) is 4.79 Å². The minimum Gasteiger partial charge on any atom is -0.492 e. The van der Waals surface area contributed by atoms with E-state index in [2.05, 4.69) is 57.9 Å². The van der Waals surface area contributed by atoms with Crippen molar-refractivity contribution in [2.75, 3.05) is 13.2 Å². The summed E-state index contributed by atoms with van der Waals surface area (Å²) in [5.41, 5.74) is 5.14. The maximum absolute atomic E-state index is 12.4. The number of rotatable bonds is 8. The second-order valence-electron chi connectivity index (χ2n) is 7.78. The van der Waals surface area contributed by atoms with Crippen molar-refractivity contribution in [3.05, 3.63) is 93.7 Å². The first-order chi connectivity index (χ1) is 15.5. The summed E-state index contributed by atoms with van der Waals surface area (Å²) in [4.78, 5) is 17.2. The summed E-state index contributed by atoms with van der Waals surface area (Å²) in [6.07, 6.45) is 0.639. The first-order valence-electron chi connectivity index (χ1n) is 10.7. The molecule has 0 aliphatic rings. The first kappa shape index (κ1) is 22.1. The maximum Gasteiger partial charge on any atom is 0.251 e. The summed E-state index contributed by atoms with van der Waals surface area (Å²) in [7, 11) is 0. The molecule has 5 nitrogen and oxygen atoms in total. The summed E-state index contributed by atoms with van der Waals surface area (Å²) in [5, 5.41) is 2.99. The number of fused-ring (bicyclic) bond motifs is 1. The normalized spacial score (nSPS) is 11.0. The lowest BCUT2D eigenvalue weighted by molar-refractivity contribution is 0.0954. The minimum absolute atomic E-state index is 0.0850. The highest BCUT2D eigenvalue weighted by Crippen LogP contribution is 2.19. The predicted molar refractivity (Wildman–Crippen MR) is 131 cm³/mol. The third-order valence-electron chi connectivity index (χ3n) is 5.54. The number of benzene rings is 3. The number of hydrogen-bond acceptors (Lipinski definition) is 3. The van der Waals surface area contributed by atoms with Crippen molar-refractivity contribution in [1.29, 1.82) is 0 Å². The van der Waals surface area contributed by atoms with Crippen LogP contribution in [0.3, 0.4) is 0 Å². The van der Waals surface area contributed by atoms with Gasteiger partial charge in [0.2, 0.25) is 0 Å². The molecule has 0 aliphatic carbocycles. The minimum atomic E-state index is -0.0850. The Hall–Kier alpha value is -3.12. The van der Waals surface area contributed by atoms with Crippen LogP contribution < -0.4 is 10.1 Å². The van der Waals surface area contributed by atoms with Crippen LogP contribution >= 0.6 is 15.9 Å². The van der Waals surface area contributed by atoms with E-state index in [0.717, 1.165) is 27.1 Å². The fourth-order valence-electron chi connectivity index (χ4n) is 3.62. The molecule has 3 aromatic carbocycles.